The molecule has 218 valence electrons. The summed E-state index contributed by atoms with van der Waals surface area (Å²) < 4.78 is 6.56. The van der Waals surface area contributed by atoms with Gasteiger partial charge in [0.15, 0.2) is 0 Å². The summed E-state index contributed by atoms with van der Waals surface area (Å²) in [4.78, 5) is 0. The second-order valence-electron chi connectivity index (χ2n) is 12.5. The van der Waals surface area contributed by atoms with E-state index in [1.54, 1.807) is 0 Å². The van der Waals surface area contributed by atoms with Gasteiger partial charge in [-0.05, 0) is 107 Å². The summed E-state index contributed by atoms with van der Waals surface area (Å²) in [7, 11) is 0. The average Bonchev–Trinajstić information content (AvgIpc) is 3.14. The lowest BCUT2D eigenvalue weighted by molar-refractivity contribution is 0.487. The molecule has 10 rings (SSSR count). The van der Waals surface area contributed by atoms with Gasteiger partial charge in [0.05, 0.1) is 0 Å². The van der Waals surface area contributed by atoms with E-state index >= 15 is 0 Å². The Bertz CT molecular complexity index is 2700. The van der Waals surface area contributed by atoms with Gasteiger partial charge in [-0.3, -0.25) is 0 Å². The predicted octanol–water partition coefficient (Wildman–Crippen LogP) is 13.1. The van der Waals surface area contributed by atoms with E-state index in [1.165, 1.54) is 76.6 Å². The van der Waals surface area contributed by atoms with Crippen LogP contribution in [0.25, 0.3) is 87.6 Å². The smallest absolute Gasteiger partial charge is 0.135 e. The number of ether oxygens (including phenoxy) is 1. The van der Waals surface area contributed by atoms with Gasteiger partial charge in [-0.1, -0.05) is 140 Å². The Balaban J connectivity index is 1.19. The fourth-order valence-electron chi connectivity index (χ4n) is 7.68. The lowest BCUT2D eigenvalue weighted by atomic mass is 9.86. The fraction of sp³-hybridized carbons (Fsp3) is 0. The molecule has 1 heterocycles. The van der Waals surface area contributed by atoms with Gasteiger partial charge in [0.1, 0.15) is 11.5 Å². The molecule has 1 aliphatic heterocycles. The first-order valence-corrected chi connectivity index (χ1v) is 16.2. The van der Waals surface area contributed by atoms with Crippen LogP contribution in [-0.2, 0) is 0 Å². The van der Waals surface area contributed by atoms with E-state index in [1.807, 2.05) is 0 Å². The minimum atomic E-state index is 0.898. The van der Waals surface area contributed by atoms with Crippen molar-refractivity contribution >= 4 is 43.1 Å². The number of fused-ring (bicyclic) bond motifs is 6. The molecule has 0 fully saturated rings. The standard InChI is InChI=1S/C46H28O/c1-2-10-29(11-3-1)31-22-24-42-41(28-31)40-19-9-18-39-36(23-25-43(47-42)46(39)40)32-14-8-15-34(26-32)44-38-17-7-5-13-33(38)27-35-21-20-30-12-4-6-16-37(30)45(35)44/h1-28H. The van der Waals surface area contributed by atoms with Crippen LogP contribution < -0.4 is 4.74 Å². The van der Waals surface area contributed by atoms with Gasteiger partial charge in [0.25, 0.3) is 0 Å². The van der Waals surface area contributed by atoms with Crippen molar-refractivity contribution in [1.82, 2.24) is 0 Å². The molecule has 0 aromatic heterocycles. The van der Waals surface area contributed by atoms with Crippen LogP contribution in [0.3, 0.4) is 0 Å². The lowest BCUT2D eigenvalue weighted by Gasteiger charge is -2.23. The largest absolute Gasteiger partial charge is 0.456 e. The molecule has 0 atom stereocenters. The van der Waals surface area contributed by atoms with Gasteiger partial charge in [-0.2, -0.15) is 0 Å². The Hall–Kier alpha value is -6.18. The summed E-state index contributed by atoms with van der Waals surface area (Å²) in [6, 6.07) is 61.5. The first-order valence-electron chi connectivity index (χ1n) is 16.2. The SMILES string of the molecule is c1ccc(-c2ccc3c(c2)-c2cccc4c(-c5cccc(-c6c7ccccc7cc7ccc8ccccc8c67)c5)ccc(c24)O3)cc1. The van der Waals surface area contributed by atoms with Gasteiger partial charge >= 0.3 is 0 Å². The van der Waals surface area contributed by atoms with Gasteiger partial charge in [0.2, 0.25) is 0 Å². The quantitative estimate of drug-likeness (QED) is 0.146. The van der Waals surface area contributed by atoms with Crippen LogP contribution in [0.2, 0.25) is 0 Å². The minimum Gasteiger partial charge on any atom is -0.456 e. The third-order valence-corrected chi connectivity index (χ3v) is 9.81. The minimum absolute atomic E-state index is 0.898. The van der Waals surface area contributed by atoms with E-state index in [2.05, 4.69) is 170 Å². The Morgan fingerprint density at radius 3 is 1.91 bits per heavy atom. The van der Waals surface area contributed by atoms with E-state index in [0.717, 1.165) is 22.4 Å². The van der Waals surface area contributed by atoms with Gasteiger partial charge in [-0.15, -0.1) is 0 Å². The molecule has 9 aromatic carbocycles. The Morgan fingerprint density at radius 2 is 1.00 bits per heavy atom. The third-order valence-electron chi connectivity index (χ3n) is 9.81. The van der Waals surface area contributed by atoms with Crippen molar-refractivity contribution in [3.8, 4) is 56.0 Å². The summed E-state index contributed by atoms with van der Waals surface area (Å²) in [5.74, 6) is 1.80. The molecule has 1 heteroatoms. The molecule has 1 aliphatic rings. The van der Waals surface area contributed by atoms with E-state index < -0.39 is 0 Å². The van der Waals surface area contributed by atoms with E-state index in [4.69, 9.17) is 4.74 Å². The highest BCUT2D eigenvalue weighted by Gasteiger charge is 2.22. The molecule has 9 aromatic rings. The van der Waals surface area contributed by atoms with Crippen LogP contribution in [0, 0.1) is 0 Å². The van der Waals surface area contributed by atoms with Crippen LogP contribution in [-0.4, -0.2) is 0 Å². The highest BCUT2D eigenvalue weighted by molar-refractivity contribution is 6.22. The molecule has 0 unspecified atom stereocenters. The second kappa shape index (κ2) is 10.2. The summed E-state index contributed by atoms with van der Waals surface area (Å²) in [6.07, 6.45) is 0. The van der Waals surface area contributed by atoms with Crippen molar-refractivity contribution in [3.05, 3.63) is 170 Å². The third kappa shape index (κ3) is 4.03. The van der Waals surface area contributed by atoms with E-state index in [9.17, 15) is 0 Å². The number of rotatable bonds is 3. The zero-order valence-electron chi connectivity index (χ0n) is 25.6. The van der Waals surface area contributed by atoms with Crippen molar-refractivity contribution in [3.63, 3.8) is 0 Å². The van der Waals surface area contributed by atoms with Crippen LogP contribution in [0.4, 0.5) is 0 Å². The Morgan fingerprint density at radius 1 is 0.298 bits per heavy atom. The maximum absolute atomic E-state index is 6.56. The van der Waals surface area contributed by atoms with Gasteiger partial charge in [-0.25, -0.2) is 0 Å². The molecule has 47 heavy (non-hydrogen) atoms. The second-order valence-corrected chi connectivity index (χ2v) is 12.5. The molecule has 0 N–H and O–H groups in total. The molecule has 0 amide bonds. The highest BCUT2D eigenvalue weighted by atomic mass is 16.5. The predicted molar refractivity (Wildman–Crippen MR) is 198 cm³/mol. The number of hydrogen-bond acceptors (Lipinski definition) is 1. The molecule has 0 spiro atoms. The van der Waals surface area contributed by atoms with Crippen molar-refractivity contribution in [2.24, 2.45) is 0 Å². The zero-order valence-corrected chi connectivity index (χ0v) is 25.6. The summed E-state index contributed by atoms with van der Waals surface area (Å²) in [6.45, 7) is 0. The van der Waals surface area contributed by atoms with Crippen LogP contribution in [0.15, 0.2) is 170 Å². The maximum atomic E-state index is 6.56. The first-order chi connectivity index (χ1) is 23.3. The van der Waals surface area contributed by atoms with Gasteiger partial charge < -0.3 is 4.74 Å². The first kappa shape index (κ1) is 26.1. The van der Waals surface area contributed by atoms with Crippen LogP contribution >= 0.6 is 0 Å². The van der Waals surface area contributed by atoms with Gasteiger partial charge in [0, 0.05) is 10.9 Å². The summed E-state index contributed by atoms with van der Waals surface area (Å²) in [5, 5.41) is 9.98. The highest BCUT2D eigenvalue weighted by Crippen LogP contribution is 2.50. The monoisotopic (exact) mass is 596 g/mol. The fourth-order valence-corrected chi connectivity index (χ4v) is 7.68. The summed E-state index contributed by atoms with van der Waals surface area (Å²) in [5.41, 5.74) is 9.62. The van der Waals surface area contributed by atoms with E-state index in [-0.39, 0.29) is 0 Å². The molecule has 0 saturated heterocycles. The maximum Gasteiger partial charge on any atom is 0.135 e. The van der Waals surface area contributed by atoms with Crippen molar-refractivity contribution in [2.75, 3.05) is 0 Å². The Kier molecular flexibility index (Phi) is 5.64. The molecule has 0 saturated carbocycles. The molecular weight excluding hydrogens is 569 g/mol. The Labute approximate surface area is 272 Å². The van der Waals surface area contributed by atoms with Crippen LogP contribution in [0.1, 0.15) is 0 Å². The molecule has 0 bridgehead atoms. The van der Waals surface area contributed by atoms with Crippen molar-refractivity contribution < 1.29 is 4.74 Å². The average molecular weight is 597 g/mol. The van der Waals surface area contributed by atoms with Crippen LogP contribution in [0.5, 0.6) is 11.5 Å². The molecule has 1 nitrogen and oxygen atoms in total. The normalized spacial score (nSPS) is 12.0. The topological polar surface area (TPSA) is 9.23 Å². The van der Waals surface area contributed by atoms with Crippen molar-refractivity contribution in [1.29, 1.82) is 0 Å². The van der Waals surface area contributed by atoms with E-state index in [0.29, 0.717) is 0 Å². The summed E-state index contributed by atoms with van der Waals surface area (Å²) >= 11 is 0. The number of benzene rings is 9. The number of hydrogen-bond donors (Lipinski definition) is 0. The molecule has 0 aliphatic carbocycles. The molecule has 0 radical (unpaired) electrons. The zero-order chi connectivity index (χ0) is 30.9. The molecular formula is C46H28O. The lowest BCUT2D eigenvalue weighted by Crippen LogP contribution is -1.98. The van der Waals surface area contributed by atoms with Crippen molar-refractivity contribution in [2.45, 2.75) is 0 Å².